The normalized spacial score (nSPS) is 14.0. The lowest BCUT2D eigenvalue weighted by Crippen LogP contribution is -2.36. The van der Waals surface area contributed by atoms with Crippen molar-refractivity contribution in [3.63, 3.8) is 0 Å². The molecule has 2 aromatic carbocycles. The summed E-state index contributed by atoms with van der Waals surface area (Å²) in [5, 5.41) is 4.94. The van der Waals surface area contributed by atoms with Crippen LogP contribution in [0.3, 0.4) is 0 Å². The topological polar surface area (TPSA) is 73.1 Å². The Bertz CT molecular complexity index is 1420. The van der Waals surface area contributed by atoms with Crippen LogP contribution in [0.4, 0.5) is 14.5 Å². The maximum Gasteiger partial charge on any atom is 0.266 e. The zero-order chi connectivity index (χ0) is 23.7. The molecule has 2 aromatic heterocycles. The van der Waals surface area contributed by atoms with Gasteiger partial charge >= 0.3 is 0 Å². The minimum absolute atomic E-state index is 0.115. The molecule has 7 nitrogen and oxygen atoms in total. The van der Waals surface area contributed by atoms with Crippen molar-refractivity contribution >= 4 is 16.6 Å². The lowest BCUT2D eigenvalue weighted by atomic mass is 10.00. The van der Waals surface area contributed by atoms with Crippen LogP contribution in [0, 0.1) is 11.6 Å². The third-order valence-electron chi connectivity index (χ3n) is 5.98. The molecule has 1 aliphatic heterocycles. The number of hydrogen-bond donors (Lipinski definition) is 0. The second kappa shape index (κ2) is 9.26. The summed E-state index contributed by atoms with van der Waals surface area (Å²) < 4.78 is 36.3. The van der Waals surface area contributed by atoms with Gasteiger partial charge < -0.3 is 9.64 Å². The van der Waals surface area contributed by atoms with E-state index in [0.29, 0.717) is 42.0 Å². The summed E-state index contributed by atoms with van der Waals surface area (Å²) in [6.45, 7) is 5.13. The lowest BCUT2D eigenvalue weighted by Gasteiger charge is -2.29. The molecule has 3 heterocycles. The summed E-state index contributed by atoms with van der Waals surface area (Å²) in [6.07, 6.45) is 1.51. The first-order valence-corrected chi connectivity index (χ1v) is 11.2. The van der Waals surface area contributed by atoms with Gasteiger partial charge in [0.15, 0.2) is 0 Å². The molecule has 34 heavy (non-hydrogen) atoms. The van der Waals surface area contributed by atoms with Gasteiger partial charge in [0.1, 0.15) is 18.0 Å². The van der Waals surface area contributed by atoms with Crippen LogP contribution >= 0.6 is 0 Å². The summed E-state index contributed by atoms with van der Waals surface area (Å²) in [5.41, 5.74) is 2.82. The third kappa shape index (κ3) is 4.26. The van der Waals surface area contributed by atoms with E-state index in [1.807, 2.05) is 18.2 Å². The van der Waals surface area contributed by atoms with Crippen LogP contribution in [0.15, 0.2) is 53.6 Å². The van der Waals surface area contributed by atoms with E-state index in [1.54, 1.807) is 13.0 Å². The summed E-state index contributed by atoms with van der Waals surface area (Å²) in [4.78, 5) is 22.7. The number of halogens is 2. The van der Waals surface area contributed by atoms with Gasteiger partial charge in [0, 0.05) is 54.8 Å². The van der Waals surface area contributed by atoms with Crippen LogP contribution in [0.2, 0.25) is 0 Å². The number of hydrogen-bond acceptors (Lipinski definition) is 6. The first-order chi connectivity index (χ1) is 16.5. The fraction of sp³-hybridized carbons (Fsp3) is 0.280. The predicted octanol–water partition coefficient (Wildman–Crippen LogP) is 3.58. The van der Waals surface area contributed by atoms with Crippen LogP contribution < -0.4 is 10.5 Å². The molecule has 0 spiro atoms. The van der Waals surface area contributed by atoms with E-state index in [9.17, 15) is 13.6 Å². The molecule has 4 aromatic rings. The minimum atomic E-state index is -0.704. The molecule has 0 unspecified atom stereocenters. The average molecular weight is 463 g/mol. The quantitative estimate of drug-likeness (QED) is 0.451. The van der Waals surface area contributed by atoms with E-state index in [2.05, 4.69) is 20.0 Å². The number of morpholine rings is 1. The van der Waals surface area contributed by atoms with Gasteiger partial charge in [-0.3, -0.25) is 4.79 Å². The zero-order valence-corrected chi connectivity index (χ0v) is 18.7. The number of benzene rings is 2. The highest BCUT2D eigenvalue weighted by Crippen LogP contribution is 2.32. The van der Waals surface area contributed by atoms with Crippen molar-refractivity contribution in [3.05, 3.63) is 82.0 Å². The lowest BCUT2D eigenvalue weighted by molar-refractivity contribution is 0.122. The first-order valence-electron chi connectivity index (χ1n) is 11.2. The molecule has 0 N–H and O–H groups in total. The van der Waals surface area contributed by atoms with Crippen LogP contribution in [0.1, 0.15) is 18.2 Å². The molecular formula is C25H23F2N5O2. The van der Waals surface area contributed by atoms with Crippen molar-refractivity contribution in [2.24, 2.45) is 0 Å². The number of nitrogens with zero attached hydrogens (tertiary/aromatic N) is 5. The van der Waals surface area contributed by atoms with Crippen molar-refractivity contribution in [2.45, 2.75) is 19.9 Å². The van der Waals surface area contributed by atoms with Crippen LogP contribution in [0.5, 0.6) is 0 Å². The Balaban J connectivity index is 1.54. The van der Waals surface area contributed by atoms with Gasteiger partial charge in [-0.1, -0.05) is 0 Å². The highest BCUT2D eigenvalue weighted by atomic mass is 19.1. The van der Waals surface area contributed by atoms with Gasteiger partial charge in [0.2, 0.25) is 0 Å². The van der Waals surface area contributed by atoms with E-state index in [-0.39, 0.29) is 23.1 Å². The van der Waals surface area contributed by atoms with Crippen molar-refractivity contribution < 1.29 is 13.5 Å². The molecule has 1 aliphatic rings. The largest absolute Gasteiger partial charge is 0.378 e. The average Bonchev–Trinajstić information content (AvgIpc) is 2.86. The number of fused-ring (bicyclic) bond motifs is 1. The molecule has 1 fully saturated rings. The SMILES string of the molecule is CCn1nc(Cc2cc(-c3ncnc4cc(N5CCOCC5)ccc34)c(F)cc2F)ccc1=O. The zero-order valence-electron chi connectivity index (χ0n) is 18.7. The smallest absolute Gasteiger partial charge is 0.266 e. The van der Waals surface area contributed by atoms with Gasteiger partial charge in [-0.05, 0) is 42.8 Å². The van der Waals surface area contributed by atoms with Crippen molar-refractivity contribution in [1.82, 2.24) is 19.7 Å². The fourth-order valence-corrected chi connectivity index (χ4v) is 4.20. The van der Waals surface area contributed by atoms with Crippen LogP contribution in [0.25, 0.3) is 22.2 Å². The van der Waals surface area contributed by atoms with Crippen LogP contribution in [-0.4, -0.2) is 46.1 Å². The van der Waals surface area contributed by atoms with E-state index in [0.717, 1.165) is 24.8 Å². The fourth-order valence-electron chi connectivity index (χ4n) is 4.20. The highest BCUT2D eigenvalue weighted by Gasteiger charge is 2.18. The molecule has 0 bridgehead atoms. The summed E-state index contributed by atoms with van der Waals surface area (Å²) >= 11 is 0. The highest BCUT2D eigenvalue weighted by molar-refractivity contribution is 5.94. The van der Waals surface area contributed by atoms with E-state index >= 15 is 0 Å². The van der Waals surface area contributed by atoms with Crippen LogP contribution in [-0.2, 0) is 17.7 Å². The Labute approximate surface area is 194 Å². The van der Waals surface area contributed by atoms with Crippen molar-refractivity contribution in [2.75, 3.05) is 31.2 Å². The Morgan fingerprint density at radius 1 is 1.00 bits per heavy atom. The molecule has 0 amide bonds. The number of ether oxygens (including phenoxy) is 1. The molecule has 0 aliphatic carbocycles. The Morgan fingerprint density at radius 2 is 1.82 bits per heavy atom. The van der Waals surface area contributed by atoms with Gasteiger partial charge in [-0.25, -0.2) is 23.4 Å². The number of aryl methyl sites for hydroxylation is 1. The van der Waals surface area contributed by atoms with Crippen molar-refractivity contribution in [1.29, 1.82) is 0 Å². The minimum Gasteiger partial charge on any atom is -0.378 e. The number of rotatable bonds is 5. The molecule has 9 heteroatoms. The van der Waals surface area contributed by atoms with E-state index in [4.69, 9.17) is 4.74 Å². The second-order valence-corrected chi connectivity index (χ2v) is 8.10. The predicted molar refractivity (Wildman–Crippen MR) is 125 cm³/mol. The van der Waals surface area contributed by atoms with Gasteiger partial charge in [0.05, 0.1) is 30.1 Å². The van der Waals surface area contributed by atoms with Crippen molar-refractivity contribution in [3.8, 4) is 11.3 Å². The third-order valence-corrected chi connectivity index (χ3v) is 5.98. The number of aromatic nitrogens is 4. The Hall–Kier alpha value is -3.72. The molecule has 5 rings (SSSR count). The molecule has 174 valence electrons. The standard InChI is InChI=1S/C25H23F2N5O2/c1-2-32-24(33)6-3-17(30-32)11-16-12-20(22(27)14-21(16)26)25-19-5-4-18(13-23(19)28-15-29-25)31-7-9-34-10-8-31/h3-6,12-15H,2,7-11H2,1H3. The summed E-state index contributed by atoms with van der Waals surface area (Å²) in [5.74, 6) is -1.38. The summed E-state index contributed by atoms with van der Waals surface area (Å²) in [6, 6.07) is 11.1. The van der Waals surface area contributed by atoms with E-state index in [1.165, 1.54) is 23.1 Å². The maximum absolute atomic E-state index is 14.9. The Morgan fingerprint density at radius 3 is 2.62 bits per heavy atom. The number of anilines is 1. The van der Waals surface area contributed by atoms with E-state index < -0.39 is 11.6 Å². The molecule has 0 atom stereocenters. The van der Waals surface area contributed by atoms with Gasteiger partial charge in [0.25, 0.3) is 5.56 Å². The molecular weight excluding hydrogens is 440 g/mol. The maximum atomic E-state index is 14.9. The van der Waals surface area contributed by atoms with Gasteiger partial charge in [-0.2, -0.15) is 5.10 Å². The first kappa shape index (κ1) is 22.1. The summed E-state index contributed by atoms with van der Waals surface area (Å²) in [7, 11) is 0. The molecule has 0 radical (unpaired) electrons. The second-order valence-electron chi connectivity index (χ2n) is 8.10. The monoisotopic (exact) mass is 463 g/mol. The Kier molecular flexibility index (Phi) is 6.02. The molecule has 0 saturated carbocycles. The van der Waals surface area contributed by atoms with Gasteiger partial charge in [-0.15, -0.1) is 0 Å². The molecule has 1 saturated heterocycles.